The van der Waals surface area contributed by atoms with Crippen LogP contribution in [0.5, 0.6) is 11.5 Å². The van der Waals surface area contributed by atoms with E-state index in [1.807, 2.05) is 25.1 Å². The Morgan fingerprint density at radius 3 is 2.62 bits per heavy atom. The molecular formula is C27H30N4O4S2. The zero-order valence-corrected chi connectivity index (χ0v) is 22.9. The molecule has 4 rings (SSSR count). The Kier molecular flexibility index (Phi) is 8.56. The van der Waals surface area contributed by atoms with Gasteiger partial charge in [0.25, 0.3) is 11.5 Å². The van der Waals surface area contributed by atoms with Crippen LogP contribution in [-0.2, 0) is 17.9 Å². The summed E-state index contributed by atoms with van der Waals surface area (Å²) in [5.41, 5.74) is 1.86. The highest BCUT2D eigenvalue weighted by atomic mass is 32.2. The number of anilines is 1. The predicted octanol–water partition coefficient (Wildman–Crippen LogP) is 5.17. The lowest BCUT2D eigenvalue weighted by molar-refractivity contribution is -0.122. The molecule has 1 aromatic heterocycles. The molecule has 0 aliphatic carbocycles. The first-order chi connectivity index (χ1) is 17.9. The van der Waals surface area contributed by atoms with Crippen LogP contribution in [0, 0.1) is 18.3 Å². The fourth-order valence-electron chi connectivity index (χ4n) is 4.26. The first kappa shape index (κ1) is 26.8. The van der Waals surface area contributed by atoms with Crippen molar-refractivity contribution in [2.24, 2.45) is 0 Å². The van der Waals surface area contributed by atoms with Gasteiger partial charge in [-0.25, -0.2) is 0 Å². The van der Waals surface area contributed by atoms with Gasteiger partial charge in [0.05, 0.1) is 4.91 Å². The average molecular weight is 539 g/mol. The van der Waals surface area contributed by atoms with Crippen LogP contribution in [0.3, 0.4) is 0 Å². The van der Waals surface area contributed by atoms with E-state index in [-0.39, 0.29) is 23.8 Å². The first-order valence-corrected chi connectivity index (χ1v) is 13.7. The third kappa shape index (κ3) is 5.53. The molecule has 1 amide bonds. The van der Waals surface area contributed by atoms with Crippen molar-refractivity contribution >= 4 is 46.1 Å². The van der Waals surface area contributed by atoms with Gasteiger partial charge in [0.15, 0.2) is 11.5 Å². The third-order valence-corrected chi connectivity index (χ3v) is 7.77. The van der Waals surface area contributed by atoms with Crippen LogP contribution in [0.25, 0.3) is 6.08 Å². The van der Waals surface area contributed by atoms with Gasteiger partial charge in [-0.15, -0.1) is 0 Å². The number of carbonyl (C=O) groups excluding carboxylic acids is 1. The number of unbranched alkanes of at least 4 members (excludes halogenated alkanes) is 2. The monoisotopic (exact) mass is 538 g/mol. The number of benzene rings is 1. The van der Waals surface area contributed by atoms with Gasteiger partial charge in [-0.3, -0.25) is 19.1 Å². The summed E-state index contributed by atoms with van der Waals surface area (Å²) in [6, 6.07) is 7.78. The van der Waals surface area contributed by atoms with E-state index in [9.17, 15) is 14.9 Å². The van der Waals surface area contributed by atoms with Crippen LogP contribution in [0.15, 0.2) is 27.9 Å². The number of rotatable bonds is 10. The van der Waals surface area contributed by atoms with E-state index in [0.29, 0.717) is 57.3 Å². The minimum absolute atomic E-state index is 0.0810. The number of nitrogens with one attached hydrogen (secondary N) is 1. The summed E-state index contributed by atoms with van der Waals surface area (Å²) < 4.78 is 13.0. The number of carbonyl (C=O) groups is 1. The maximum atomic E-state index is 13.3. The molecule has 0 radical (unpaired) electrons. The number of aromatic nitrogens is 1. The minimum atomic E-state index is -0.339. The van der Waals surface area contributed by atoms with Gasteiger partial charge in [0, 0.05) is 25.2 Å². The number of nitriles is 1. The molecule has 3 heterocycles. The molecule has 1 saturated heterocycles. The molecule has 1 N–H and O–H groups in total. The Labute approximate surface area is 226 Å². The lowest BCUT2D eigenvalue weighted by Gasteiger charge is -2.20. The quantitative estimate of drug-likeness (QED) is 0.327. The zero-order chi connectivity index (χ0) is 26.5. The molecule has 2 aliphatic rings. The number of fused-ring (bicyclic) bond motifs is 1. The van der Waals surface area contributed by atoms with Crippen molar-refractivity contribution in [3.8, 4) is 17.6 Å². The number of pyridine rings is 1. The molecule has 0 spiro atoms. The Bertz CT molecular complexity index is 1360. The highest BCUT2D eigenvalue weighted by Crippen LogP contribution is 2.36. The summed E-state index contributed by atoms with van der Waals surface area (Å²) in [7, 11) is 0. The second kappa shape index (κ2) is 11.8. The van der Waals surface area contributed by atoms with Crippen LogP contribution in [0.4, 0.5) is 5.82 Å². The molecule has 37 heavy (non-hydrogen) atoms. The summed E-state index contributed by atoms with van der Waals surface area (Å²) in [6.45, 7) is 7.49. The fraction of sp³-hybridized carbons (Fsp3) is 0.407. The normalized spacial score (nSPS) is 15.5. The summed E-state index contributed by atoms with van der Waals surface area (Å²) in [6.07, 6.45) is 5.24. The SMILES string of the molecule is CCCCN1C(=O)/C(=C\c2c(C)c(C#N)c(=O)n(CCCC)c2NCc2ccc3c(c2)OCO3)SC1=S. The Balaban J connectivity index is 1.78. The highest BCUT2D eigenvalue weighted by molar-refractivity contribution is 8.26. The minimum Gasteiger partial charge on any atom is -0.454 e. The molecule has 194 valence electrons. The topological polar surface area (TPSA) is 96.6 Å². The van der Waals surface area contributed by atoms with Crippen molar-refractivity contribution in [3.05, 3.63) is 55.7 Å². The van der Waals surface area contributed by atoms with Crippen molar-refractivity contribution in [1.82, 2.24) is 9.47 Å². The number of thioether (sulfide) groups is 1. The molecule has 0 bridgehead atoms. The summed E-state index contributed by atoms with van der Waals surface area (Å²) in [4.78, 5) is 28.6. The van der Waals surface area contributed by atoms with Gasteiger partial charge < -0.3 is 14.8 Å². The van der Waals surface area contributed by atoms with Gasteiger partial charge in [-0.05, 0) is 49.1 Å². The first-order valence-electron chi connectivity index (χ1n) is 12.4. The summed E-state index contributed by atoms with van der Waals surface area (Å²) >= 11 is 6.73. The lowest BCUT2D eigenvalue weighted by atomic mass is 10.0. The highest BCUT2D eigenvalue weighted by Gasteiger charge is 2.32. The fourth-order valence-corrected chi connectivity index (χ4v) is 5.55. The van der Waals surface area contributed by atoms with Gasteiger partial charge in [-0.2, -0.15) is 5.26 Å². The van der Waals surface area contributed by atoms with Crippen LogP contribution in [0.2, 0.25) is 0 Å². The van der Waals surface area contributed by atoms with Crippen molar-refractivity contribution in [2.75, 3.05) is 18.7 Å². The maximum absolute atomic E-state index is 13.3. The number of hydrogen-bond donors (Lipinski definition) is 1. The van der Waals surface area contributed by atoms with E-state index < -0.39 is 0 Å². The third-order valence-electron chi connectivity index (χ3n) is 6.39. The molecule has 1 fully saturated rings. The van der Waals surface area contributed by atoms with Crippen molar-refractivity contribution in [2.45, 2.75) is 59.5 Å². The van der Waals surface area contributed by atoms with Crippen molar-refractivity contribution in [3.63, 3.8) is 0 Å². The van der Waals surface area contributed by atoms with E-state index in [4.69, 9.17) is 21.7 Å². The maximum Gasteiger partial charge on any atom is 0.270 e. The van der Waals surface area contributed by atoms with Crippen LogP contribution in [0.1, 0.15) is 61.8 Å². The molecule has 0 unspecified atom stereocenters. The average Bonchev–Trinajstić information content (AvgIpc) is 3.46. The van der Waals surface area contributed by atoms with Gasteiger partial charge in [-0.1, -0.05) is 56.7 Å². The standard InChI is InChI=1S/C27H30N4O4S2/c1-4-6-10-30-24(29-15-18-8-9-21-22(12-18)35-16-34-21)19(17(3)20(14-28)25(30)32)13-23-26(33)31(11-7-5-2)27(36)37-23/h8-9,12-13,29H,4-7,10-11,15-16H2,1-3H3/b23-13+. The molecule has 8 nitrogen and oxygen atoms in total. The van der Waals surface area contributed by atoms with E-state index in [1.54, 1.807) is 22.5 Å². The number of thiocarbonyl (C=S) groups is 1. The van der Waals surface area contributed by atoms with E-state index in [0.717, 1.165) is 31.2 Å². The molecule has 1 aromatic carbocycles. The van der Waals surface area contributed by atoms with Crippen LogP contribution >= 0.6 is 24.0 Å². The Morgan fingerprint density at radius 2 is 1.89 bits per heavy atom. The molecule has 2 aromatic rings. The number of hydrogen-bond acceptors (Lipinski definition) is 8. The van der Waals surface area contributed by atoms with E-state index in [2.05, 4.69) is 18.3 Å². The number of ether oxygens (including phenoxy) is 2. The molecule has 0 atom stereocenters. The summed E-state index contributed by atoms with van der Waals surface area (Å²) in [5.74, 6) is 1.80. The van der Waals surface area contributed by atoms with Crippen molar-refractivity contribution in [1.29, 1.82) is 5.26 Å². The van der Waals surface area contributed by atoms with E-state index >= 15 is 0 Å². The molecule has 10 heteroatoms. The van der Waals surface area contributed by atoms with Gasteiger partial charge in [0.1, 0.15) is 21.8 Å². The molecule has 2 aliphatic heterocycles. The van der Waals surface area contributed by atoms with Crippen LogP contribution < -0.4 is 20.3 Å². The second-order valence-corrected chi connectivity index (χ2v) is 10.6. The Hall–Kier alpha value is -3.29. The van der Waals surface area contributed by atoms with Gasteiger partial charge in [0.2, 0.25) is 6.79 Å². The molecular weight excluding hydrogens is 508 g/mol. The zero-order valence-electron chi connectivity index (χ0n) is 21.3. The van der Waals surface area contributed by atoms with Crippen molar-refractivity contribution < 1.29 is 14.3 Å². The lowest BCUT2D eigenvalue weighted by Crippen LogP contribution is -2.29. The largest absolute Gasteiger partial charge is 0.454 e. The van der Waals surface area contributed by atoms with E-state index in [1.165, 1.54) is 11.8 Å². The van der Waals surface area contributed by atoms with Crippen LogP contribution in [-0.4, -0.2) is 33.0 Å². The summed E-state index contributed by atoms with van der Waals surface area (Å²) in [5, 5.41) is 13.2. The number of amides is 1. The predicted molar refractivity (Wildman–Crippen MR) is 150 cm³/mol. The van der Waals surface area contributed by atoms with Gasteiger partial charge >= 0.3 is 0 Å². The second-order valence-electron chi connectivity index (χ2n) is 8.91. The Morgan fingerprint density at radius 1 is 1.16 bits per heavy atom. The number of nitrogens with zero attached hydrogens (tertiary/aromatic N) is 3. The smallest absolute Gasteiger partial charge is 0.270 e. The molecule has 0 saturated carbocycles.